The van der Waals surface area contributed by atoms with Crippen LogP contribution in [-0.2, 0) is 0 Å². The summed E-state index contributed by atoms with van der Waals surface area (Å²) in [6.07, 6.45) is 2.84. The van der Waals surface area contributed by atoms with E-state index in [0.717, 1.165) is 43.3 Å². The van der Waals surface area contributed by atoms with Crippen LogP contribution in [-0.4, -0.2) is 25.5 Å². The van der Waals surface area contributed by atoms with E-state index in [1.54, 1.807) is 0 Å². The predicted octanol–water partition coefficient (Wildman–Crippen LogP) is 1.61. The van der Waals surface area contributed by atoms with Crippen molar-refractivity contribution in [3.63, 3.8) is 0 Å². The Morgan fingerprint density at radius 1 is 1.39 bits per heavy atom. The Morgan fingerprint density at radius 2 is 2.22 bits per heavy atom. The maximum Gasteiger partial charge on any atom is 0.254 e. The first-order chi connectivity index (χ1) is 8.66. The zero-order valence-electron chi connectivity index (χ0n) is 9.80. The lowest BCUT2D eigenvalue weighted by molar-refractivity contribution is 0.0952. The minimum atomic E-state index is -0.715. The largest absolute Gasteiger partial charge is 0.348 e. The van der Waals surface area contributed by atoms with Crippen molar-refractivity contribution in [2.75, 3.05) is 19.6 Å². The predicted molar refractivity (Wildman–Crippen MR) is 64.3 cm³/mol. The van der Waals surface area contributed by atoms with E-state index >= 15 is 0 Å². The summed E-state index contributed by atoms with van der Waals surface area (Å²) in [6.45, 7) is 2.02. The average molecular weight is 252 g/mol. The molecule has 0 bridgehead atoms. The number of carbonyl (C=O) groups is 1. The number of hydrogen-bond acceptors (Lipinski definition) is 2. The summed E-state index contributed by atoms with van der Waals surface area (Å²) in [6, 6.07) is 2.84. The van der Waals surface area contributed by atoms with Crippen molar-refractivity contribution in [3.8, 4) is 0 Å². The second-order valence-electron chi connectivity index (χ2n) is 4.12. The fourth-order valence-electron chi connectivity index (χ4n) is 1.79. The molecule has 5 heteroatoms. The van der Waals surface area contributed by atoms with Crippen molar-refractivity contribution >= 4 is 5.91 Å². The minimum Gasteiger partial charge on any atom is -0.348 e. The summed E-state index contributed by atoms with van der Waals surface area (Å²) in [5.74, 6) is -1.93. The van der Waals surface area contributed by atoms with Gasteiger partial charge in [-0.15, -0.1) is 0 Å². The van der Waals surface area contributed by atoms with Crippen LogP contribution >= 0.6 is 0 Å². The van der Waals surface area contributed by atoms with Crippen LogP contribution in [0.25, 0.3) is 0 Å². The molecule has 18 heavy (non-hydrogen) atoms. The molecule has 1 aliphatic heterocycles. The minimum absolute atomic E-state index is 0.260. The fourth-order valence-corrected chi connectivity index (χ4v) is 1.79. The van der Waals surface area contributed by atoms with E-state index in [1.165, 1.54) is 0 Å². The van der Waals surface area contributed by atoms with Gasteiger partial charge in [0, 0.05) is 13.1 Å². The Labute approximate surface area is 104 Å². The number of amides is 1. The van der Waals surface area contributed by atoms with Gasteiger partial charge in [0.2, 0.25) is 0 Å². The molecule has 1 amide bonds. The Hall–Kier alpha value is -1.75. The van der Waals surface area contributed by atoms with E-state index in [-0.39, 0.29) is 5.56 Å². The van der Waals surface area contributed by atoms with Crippen LogP contribution in [0.3, 0.4) is 0 Å². The first kappa shape index (κ1) is 12.7. The molecule has 1 heterocycles. The molecule has 0 atom stereocenters. The Balaban J connectivity index is 1.99. The summed E-state index contributed by atoms with van der Waals surface area (Å²) < 4.78 is 26.3. The van der Waals surface area contributed by atoms with E-state index in [0.29, 0.717) is 6.54 Å². The lowest BCUT2D eigenvalue weighted by Crippen LogP contribution is -2.30. The second-order valence-corrected chi connectivity index (χ2v) is 4.12. The van der Waals surface area contributed by atoms with Crippen molar-refractivity contribution < 1.29 is 13.6 Å². The van der Waals surface area contributed by atoms with Crippen LogP contribution < -0.4 is 10.6 Å². The third-order valence-electron chi connectivity index (χ3n) is 2.81. The van der Waals surface area contributed by atoms with Gasteiger partial charge in [-0.2, -0.15) is 0 Å². The quantitative estimate of drug-likeness (QED) is 0.802. The first-order valence-electron chi connectivity index (χ1n) is 5.78. The molecule has 1 aliphatic rings. The molecule has 1 aromatic carbocycles. The van der Waals surface area contributed by atoms with Gasteiger partial charge in [-0.25, -0.2) is 8.78 Å². The summed E-state index contributed by atoms with van der Waals surface area (Å²) in [4.78, 5) is 11.7. The van der Waals surface area contributed by atoms with Crippen LogP contribution in [0.15, 0.2) is 29.8 Å². The highest BCUT2D eigenvalue weighted by Crippen LogP contribution is 2.10. The molecule has 0 unspecified atom stereocenters. The van der Waals surface area contributed by atoms with E-state index in [2.05, 4.69) is 10.6 Å². The van der Waals surface area contributed by atoms with Crippen LogP contribution in [0, 0.1) is 11.6 Å². The van der Waals surface area contributed by atoms with Gasteiger partial charge >= 0.3 is 0 Å². The highest BCUT2D eigenvalue weighted by Gasteiger charge is 2.13. The van der Waals surface area contributed by atoms with Crippen LogP contribution in [0.4, 0.5) is 8.78 Å². The van der Waals surface area contributed by atoms with Crippen LogP contribution in [0.2, 0.25) is 0 Å². The normalized spacial score (nSPS) is 15.1. The Kier molecular flexibility index (Phi) is 4.04. The molecule has 0 aliphatic carbocycles. The molecule has 0 spiro atoms. The van der Waals surface area contributed by atoms with Gasteiger partial charge in [-0.3, -0.25) is 4.79 Å². The van der Waals surface area contributed by atoms with Crippen LogP contribution in [0.5, 0.6) is 0 Å². The van der Waals surface area contributed by atoms with E-state index < -0.39 is 17.5 Å². The van der Waals surface area contributed by atoms with Crippen molar-refractivity contribution in [3.05, 3.63) is 47.0 Å². The lowest BCUT2D eigenvalue weighted by atomic mass is 10.1. The maximum atomic E-state index is 13.3. The molecule has 0 fully saturated rings. The smallest absolute Gasteiger partial charge is 0.254 e. The number of carbonyl (C=O) groups excluding carboxylic acids is 1. The highest BCUT2D eigenvalue weighted by molar-refractivity contribution is 5.94. The topological polar surface area (TPSA) is 41.1 Å². The molecule has 0 aromatic heterocycles. The SMILES string of the molecule is O=C(NCC1=CCNCC1)c1cc(F)ccc1F. The van der Waals surface area contributed by atoms with E-state index in [1.807, 2.05) is 6.08 Å². The van der Waals surface area contributed by atoms with Gasteiger partial charge in [0.25, 0.3) is 5.91 Å². The monoisotopic (exact) mass is 252 g/mol. The number of hydrogen-bond donors (Lipinski definition) is 2. The molecule has 2 N–H and O–H groups in total. The number of halogens is 2. The maximum absolute atomic E-state index is 13.3. The highest BCUT2D eigenvalue weighted by atomic mass is 19.1. The van der Waals surface area contributed by atoms with E-state index in [9.17, 15) is 13.6 Å². The van der Waals surface area contributed by atoms with Crippen molar-refractivity contribution in [2.45, 2.75) is 6.42 Å². The molecule has 2 rings (SSSR count). The van der Waals surface area contributed by atoms with Crippen LogP contribution in [0.1, 0.15) is 16.8 Å². The standard InChI is InChI=1S/C13H14F2N2O/c14-10-1-2-12(15)11(7-10)13(18)17-8-9-3-5-16-6-4-9/h1-3,7,16H,4-6,8H2,(H,17,18). The molecule has 96 valence electrons. The number of rotatable bonds is 3. The number of benzene rings is 1. The molecule has 0 saturated carbocycles. The lowest BCUT2D eigenvalue weighted by Gasteiger charge is -2.14. The van der Waals surface area contributed by atoms with Crippen molar-refractivity contribution in [1.82, 2.24) is 10.6 Å². The molecule has 3 nitrogen and oxygen atoms in total. The van der Waals surface area contributed by atoms with Gasteiger partial charge in [0.15, 0.2) is 0 Å². The second kappa shape index (κ2) is 5.73. The average Bonchev–Trinajstić information content (AvgIpc) is 2.40. The third kappa shape index (κ3) is 3.13. The summed E-state index contributed by atoms with van der Waals surface area (Å²) in [5.41, 5.74) is 0.837. The Morgan fingerprint density at radius 3 is 2.94 bits per heavy atom. The Bertz CT molecular complexity index is 486. The third-order valence-corrected chi connectivity index (χ3v) is 2.81. The molecule has 0 saturated heterocycles. The van der Waals surface area contributed by atoms with Gasteiger partial charge in [0.1, 0.15) is 11.6 Å². The van der Waals surface area contributed by atoms with E-state index in [4.69, 9.17) is 0 Å². The molecule has 1 aromatic rings. The van der Waals surface area contributed by atoms with Gasteiger partial charge in [0.05, 0.1) is 5.56 Å². The van der Waals surface area contributed by atoms with Gasteiger partial charge in [-0.05, 0) is 31.2 Å². The zero-order chi connectivity index (χ0) is 13.0. The fraction of sp³-hybridized carbons (Fsp3) is 0.308. The van der Waals surface area contributed by atoms with Crippen molar-refractivity contribution in [2.24, 2.45) is 0 Å². The van der Waals surface area contributed by atoms with Gasteiger partial charge < -0.3 is 10.6 Å². The molecule has 0 radical (unpaired) electrons. The molecular weight excluding hydrogens is 238 g/mol. The zero-order valence-corrected chi connectivity index (χ0v) is 9.80. The summed E-state index contributed by atoms with van der Waals surface area (Å²) in [7, 11) is 0. The first-order valence-corrected chi connectivity index (χ1v) is 5.78. The molecular formula is C13H14F2N2O. The van der Waals surface area contributed by atoms with Gasteiger partial charge in [-0.1, -0.05) is 11.6 Å². The summed E-state index contributed by atoms with van der Waals surface area (Å²) >= 11 is 0. The summed E-state index contributed by atoms with van der Waals surface area (Å²) in [5, 5.41) is 5.75. The number of nitrogens with one attached hydrogen (secondary N) is 2. The van der Waals surface area contributed by atoms with Crippen molar-refractivity contribution in [1.29, 1.82) is 0 Å².